The molecule has 1 aromatic carbocycles. The number of halogens is 1. The first kappa shape index (κ1) is 19.9. The van der Waals surface area contributed by atoms with Crippen LogP contribution in [0.2, 0.25) is 0 Å². The quantitative estimate of drug-likeness (QED) is 0.706. The number of nitrogens with zero attached hydrogens (tertiary/aromatic N) is 1. The topological polar surface area (TPSA) is 74.4 Å². The number of rotatable bonds is 4. The fourth-order valence-corrected chi connectivity index (χ4v) is 4.10. The van der Waals surface area contributed by atoms with Gasteiger partial charge in [-0.3, -0.25) is 9.69 Å². The average Bonchev–Trinajstić information content (AvgIpc) is 2.97. The normalized spacial score (nSPS) is 18.3. The highest BCUT2D eigenvalue weighted by Crippen LogP contribution is 2.32. The largest absolute Gasteiger partial charge is 0.464 e. The van der Waals surface area contributed by atoms with Crippen LogP contribution in [0.5, 0.6) is 0 Å². The summed E-state index contributed by atoms with van der Waals surface area (Å²) >= 11 is 3.45. The molecule has 6 nitrogen and oxygen atoms in total. The van der Waals surface area contributed by atoms with Crippen LogP contribution in [0.4, 0.5) is 5.69 Å². The van der Waals surface area contributed by atoms with E-state index in [-0.39, 0.29) is 23.1 Å². The number of methoxy groups -OCH3 is 1. The van der Waals surface area contributed by atoms with Crippen molar-refractivity contribution in [2.75, 3.05) is 25.5 Å². The van der Waals surface area contributed by atoms with E-state index in [9.17, 15) is 9.59 Å². The number of aromatic amines is 1. The van der Waals surface area contributed by atoms with E-state index < -0.39 is 5.97 Å². The molecule has 146 valence electrons. The fraction of sp³-hybridized carbons (Fsp3) is 0.500. The number of hydrogen-bond acceptors (Lipinski definition) is 4. The zero-order valence-corrected chi connectivity index (χ0v) is 17.8. The Morgan fingerprint density at radius 2 is 2.11 bits per heavy atom. The molecule has 3 rings (SSSR count). The predicted molar refractivity (Wildman–Crippen MR) is 110 cm³/mol. The molecule has 1 aromatic heterocycles. The number of H-pyrrole nitrogens is 1. The summed E-state index contributed by atoms with van der Waals surface area (Å²) in [6.07, 6.45) is 2.25. The highest BCUT2D eigenvalue weighted by molar-refractivity contribution is 9.10. The first-order valence-electron chi connectivity index (χ1n) is 9.16. The van der Waals surface area contributed by atoms with Crippen molar-refractivity contribution in [1.29, 1.82) is 0 Å². The summed E-state index contributed by atoms with van der Waals surface area (Å²) < 4.78 is 5.75. The Bertz CT molecular complexity index is 875. The summed E-state index contributed by atoms with van der Waals surface area (Å²) in [4.78, 5) is 30.4. The number of anilines is 1. The lowest BCUT2D eigenvalue weighted by Crippen LogP contribution is -2.49. The van der Waals surface area contributed by atoms with E-state index in [1.807, 2.05) is 25.1 Å². The molecule has 2 heterocycles. The van der Waals surface area contributed by atoms with Crippen LogP contribution in [0, 0.1) is 5.41 Å². The zero-order valence-electron chi connectivity index (χ0n) is 16.2. The molecule has 2 N–H and O–H groups in total. The van der Waals surface area contributed by atoms with Crippen LogP contribution in [0.3, 0.4) is 0 Å². The van der Waals surface area contributed by atoms with Crippen molar-refractivity contribution < 1.29 is 14.3 Å². The number of aromatic nitrogens is 1. The summed E-state index contributed by atoms with van der Waals surface area (Å²) in [5.41, 5.74) is 1.69. The molecule has 0 spiro atoms. The Kier molecular flexibility index (Phi) is 5.63. The van der Waals surface area contributed by atoms with Gasteiger partial charge in [0, 0.05) is 21.9 Å². The van der Waals surface area contributed by atoms with E-state index in [0.717, 1.165) is 34.9 Å². The molecule has 1 fully saturated rings. The molecule has 0 saturated carbocycles. The van der Waals surface area contributed by atoms with Crippen LogP contribution in [0.1, 0.15) is 44.1 Å². The van der Waals surface area contributed by atoms with E-state index in [2.05, 4.69) is 45.0 Å². The molecule has 1 saturated heterocycles. The molecule has 1 aliphatic heterocycles. The van der Waals surface area contributed by atoms with Gasteiger partial charge in [0.1, 0.15) is 5.69 Å². The second kappa shape index (κ2) is 7.64. The van der Waals surface area contributed by atoms with Gasteiger partial charge in [-0.1, -0.05) is 29.8 Å². The van der Waals surface area contributed by atoms with Gasteiger partial charge in [0.15, 0.2) is 0 Å². The maximum atomic E-state index is 13.0. The van der Waals surface area contributed by atoms with E-state index >= 15 is 0 Å². The number of fused-ring (bicyclic) bond motifs is 1. The van der Waals surface area contributed by atoms with Crippen molar-refractivity contribution in [1.82, 2.24) is 9.88 Å². The number of nitrogens with one attached hydrogen (secondary N) is 2. The van der Waals surface area contributed by atoms with Gasteiger partial charge in [0.05, 0.1) is 18.8 Å². The molecule has 7 heteroatoms. The third-order valence-electron chi connectivity index (χ3n) is 5.26. The molecular weight excluding hydrogens is 410 g/mol. The number of benzene rings is 1. The highest BCUT2D eigenvalue weighted by Gasteiger charge is 2.32. The van der Waals surface area contributed by atoms with E-state index in [4.69, 9.17) is 4.74 Å². The standard InChI is InChI=1S/C20H26BrN3O3/c1-12(24-9-5-8-20(2,3)11-24)18(25)23-16-14-10-13(21)6-7-15(14)22-17(16)19(26)27-4/h6-7,10,12,22H,5,8-9,11H2,1-4H3,(H,23,25)/t12-/m1/s1. The molecule has 1 amide bonds. The van der Waals surface area contributed by atoms with Crippen molar-refractivity contribution in [3.05, 3.63) is 28.4 Å². The van der Waals surface area contributed by atoms with Gasteiger partial charge in [-0.05, 0) is 49.9 Å². The lowest BCUT2D eigenvalue weighted by Gasteiger charge is -2.40. The zero-order chi connectivity index (χ0) is 19.8. The third-order valence-corrected chi connectivity index (χ3v) is 5.75. The summed E-state index contributed by atoms with van der Waals surface area (Å²) in [5, 5.41) is 3.73. The van der Waals surface area contributed by atoms with Crippen molar-refractivity contribution in [3.8, 4) is 0 Å². The SMILES string of the molecule is COC(=O)c1[nH]c2ccc(Br)cc2c1NC(=O)[C@@H](C)N1CCCC(C)(C)C1. The van der Waals surface area contributed by atoms with Gasteiger partial charge in [0.25, 0.3) is 0 Å². The Labute approximate surface area is 167 Å². The van der Waals surface area contributed by atoms with E-state index in [0.29, 0.717) is 5.69 Å². The molecule has 1 aliphatic rings. The lowest BCUT2D eigenvalue weighted by molar-refractivity contribution is -0.121. The van der Waals surface area contributed by atoms with E-state index in [1.165, 1.54) is 13.5 Å². The molecule has 1 atom stereocenters. The number of amides is 1. The predicted octanol–water partition coefficient (Wildman–Crippen LogP) is 4.17. The Hall–Kier alpha value is -1.86. The maximum absolute atomic E-state index is 13.0. The second-order valence-electron chi connectivity index (χ2n) is 7.96. The number of hydrogen-bond donors (Lipinski definition) is 2. The highest BCUT2D eigenvalue weighted by atomic mass is 79.9. The monoisotopic (exact) mass is 435 g/mol. The van der Waals surface area contributed by atoms with Gasteiger partial charge in [-0.15, -0.1) is 0 Å². The molecular formula is C20H26BrN3O3. The van der Waals surface area contributed by atoms with Gasteiger partial charge in [-0.25, -0.2) is 4.79 Å². The van der Waals surface area contributed by atoms with Crippen LogP contribution in [0.25, 0.3) is 10.9 Å². The molecule has 0 radical (unpaired) electrons. The minimum Gasteiger partial charge on any atom is -0.464 e. The fourth-order valence-electron chi connectivity index (χ4n) is 3.74. The first-order valence-corrected chi connectivity index (χ1v) is 9.95. The first-order chi connectivity index (χ1) is 12.7. The number of piperidine rings is 1. The average molecular weight is 436 g/mol. The molecule has 2 aromatic rings. The minimum atomic E-state index is -0.510. The number of carbonyl (C=O) groups excluding carboxylic acids is 2. The van der Waals surface area contributed by atoms with Crippen LogP contribution >= 0.6 is 15.9 Å². The van der Waals surface area contributed by atoms with Gasteiger partial charge < -0.3 is 15.0 Å². The Morgan fingerprint density at radius 1 is 1.37 bits per heavy atom. The third kappa shape index (κ3) is 4.19. The van der Waals surface area contributed by atoms with Crippen LogP contribution < -0.4 is 5.32 Å². The summed E-state index contributed by atoms with van der Waals surface area (Å²) in [6, 6.07) is 5.33. The molecule has 0 bridgehead atoms. The maximum Gasteiger partial charge on any atom is 0.356 e. The van der Waals surface area contributed by atoms with Crippen molar-refractivity contribution >= 4 is 44.4 Å². The summed E-state index contributed by atoms with van der Waals surface area (Å²) in [5.74, 6) is -0.636. The van der Waals surface area contributed by atoms with E-state index in [1.54, 1.807) is 0 Å². The van der Waals surface area contributed by atoms with Gasteiger partial charge >= 0.3 is 5.97 Å². The second-order valence-corrected chi connectivity index (χ2v) is 8.88. The smallest absolute Gasteiger partial charge is 0.356 e. The summed E-state index contributed by atoms with van der Waals surface area (Å²) in [6.45, 7) is 8.16. The van der Waals surface area contributed by atoms with Gasteiger partial charge in [0.2, 0.25) is 5.91 Å². The van der Waals surface area contributed by atoms with Crippen LogP contribution in [0.15, 0.2) is 22.7 Å². The van der Waals surface area contributed by atoms with Crippen molar-refractivity contribution in [2.45, 2.75) is 39.7 Å². The number of likely N-dealkylation sites (tertiary alicyclic amines) is 1. The van der Waals surface area contributed by atoms with Crippen molar-refractivity contribution in [3.63, 3.8) is 0 Å². The van der Waals surface area contributed by atoms with Gasteiger partial charge in [-0.2, -0.15) is 0 Å². The Balaban J connectivity index is 1.89. The molecule has 0 unspecified atom stereocenters. The van der Waals surface area contributed by atoms with Crippen molar-refractivity contribution in [2.24, 2.45) is 5.41 Å². The summed E-state index contributed by atoms with van der Waals surface area (Å²) in [7, 11) is 1.33. The lowest BCUT2D eigenvalue weighted by atomic mass is 9.83. The number of esters is 1. The van der Waals surface area contributed by atoms with Crippen LogP contribution in [-0.2, 0) is 9.53 Å². The molecule has 27 heavy (non-hydrogen) atoms. The Morgan fingerprint density at radius 3 is 2.78 bits per heavy atom. The number of ether oxygens (including phenoxy) is 1. The molecule has 0 aliphatic carbocycles. The minimum absolute atomic E-state index is 0.126. The van der Waals surface area contributed by atoms with Crippen LogP contribution in [-0.4, -0.2) is 48.0 Å². The number of carbonyl (C=O) groups is 2.